The quantitative estimate of drug-likeness (QED) is 0.180. The Morgan fingerprint density at radius 1 is 0.594 bits per heavy atom. The number of rotatable bonds is 22. The van der Waals surface area contributed by atoms with Gasteiger partial charge >= 0.3 is 6.09 Å². The highest BCUT2D eigenvalue weighted by Crippen LogP contribution is 2.15. The molecule has 32 heavy (non-hydrogen) atoms. The van der Waals surface area contributed by atoms with E-state index in [9.17, 15) is 4.79 Å². The molecule has 3 nitrogen and oxygen atoms in total. The highest BCUT2D eigenvalue weighted by atomic mass is 16.5. The summed E-state index contributed by atoms with van der Waals surface area (Å²) in [6, 6.07) is 9.44. The number of amides is 1. The number of nitrogens with one attached hydrogen (secondary N) is 1. The van der Waals surface area contributed by atoms with E-state index in [1.165, 1.54) is 116 Å². The summed E-state index contributed by atoms with van der Waals surface area (Å²) in [5.74, 6) is 0. The first-order chi connectivity index (χ1) is 15.8. The summed E-state index contributed by atoms with van der Waals surface area (Å²) in [5, 5.41) is 2.74. The lowest BCUT2D eigenvalue weighted by atomic mass is 10.0. The molecule has 0 aliphatic heterocycles. The van der Waals surface area contributed by atoms with Crippen molar-refractivity contribution in [3.8, 4) is 0 Å². The van der Waals surface area contributed by atoms with E-state index in [-0.39, 0.29) is 6.09 Å². The van der Waals surface area contributed by atoms with Crippen molar-refractivity contribution in [2.45, 2.75) is 135 Å². The predicted molar refractivity (Wildman–Crippen MR) is 139 cm³/mol. The monoisotopic (exact) mass is 445 g/mol. The summed E-state index contributed by atoms with van der Waals surface area (Å²) in [7, 11) is 0. The topological polar surface area (TPSA) is 38.3 Å². The lowest BCUT2D eigenvalue weighted by Crippen LogP contribution is -2.14. The number of ether oxygens (including phenoxy) is 1. The first-order valence-corrected chi connectivity index (χ1v) is 13.8. The molecule has 0 radical (unpaired) electrons. The van der Waals surface area contributed by atoms with Crippen molar-refractivity contribution in [2.75, 3.05) is 11.9 Å². The molecule has 0 saturated heterocycles. The van der Waals surface area contributed by atoms with Crippen LogP contribution >= 0.6 is 0 Å². The fraction of sp³-hybridized carbons (Fsp3) is 0.759. The van der Waals surface area contributed by atoms with Gasteiger partial charge in [0.25, 0.3) is 0 Å². The van der Waals surface area contributed by atoms with Crippen LogP contribution in [0.2, 0.25) is 0 Å². The fourth-order valence-corrected chi connectivity index (χ4v) is 4.20. The molecule has 0 atom stereocenters. The van der Waals surface area contributed by atoms with Crippen molar-refractivity contribution in [3.63, 3.8) is 0 Å². The Balaban J connectivity index is 1.70. The number of anilines is 1. The maximum atomic E-state index is 11.7. The van der Waals surface area contributed by atoms with E-state index in [0.717, 1.165) is 18.5 Å². The zero-order valence-corrected chi connectivity index (χ0v) is 21.1. The van der Waals surface area contributed by atoms with Crippen LogP contribution in [0.5, 0.6) is 0 Å². The highest BCUT2D eigenvalue weighted by molar-refractivity contribution is 5.84. The van der Waals surface area contributed by atoms with Crippen molar-refractivity contribution < 1.29 is 9.53 Å². The van der Waals surface area contributed by atoms with Crippen LogP contribution in [0.25, 0.3) is 0 Å². The lowest BCUT2D eigenvalue weighted by molar-refractivity contribution is 0.159. The minimum Gasteiger partial charge on any atom is -0.449 e. The summed E-state index contributed by atoms with van der Waals surface area (Å²) < 4.78 is 5.23. The molecule has 0 heterocycles. The molecule has 0 aliphatic carbocycles. The van der Waals surface area contributed by atoms with Crippen molar-refractivity contribution in [1.82, 2.24) is 0 Å². The van der Waals surface area contributed by atoms with Gasteiger partial charge in [0.1, 0.15) is 0 Å². The molecule has 0 bridgehead atoms. The third-order valence-corrected chi connectivity index (χ3v) is 6.25. The molecule has 1 N–H and O–H groups in total. The van der Waals surface area contributed by atoms with Crippen LogP contribution in [0.4, 0.5) is 10.5 Å². The van der Waals surface area contributed by atoms with Crippen LogP contribution in [0, 0.1) is 0 Å². The van der Waals surface area contributed by atoms with Crippen LogP contribution in [0.3, 0.4) is 0 Å². The Hall–Kier alpha value is -1.51. The Morgan fingerprint density at radius 3 is 1.38 bits per heavy atom. The number of hydrogen-bond donors (Lipinski definition) is 1. The molecular formula is C29H51NO2. The van der Waals surface area contributed by atoms with Gasteiger partial charge in [-0.1, -0.05) is 147 Å². The van der Waals surface area contributed by atoms with Gasteiger partial charge in [-0.3, -0.25) is 5.32 Å². The molecule has 1 aromatic carbocycles. The average molecular weight is 446 g/mol. The number of hydrogen-bond acceptors (Lipinski definition) is 2. The lowest BCUT2D eigenvalue weighted by Gasteiger charge is -2.07. The molecule has 0 saturated carbocycles. The third kappa shape index (κ3) is 19.2. The largest absolute Gasteiger partial charge is 0.449 e. The molecule has 0 aromatic heterocycles. The van der Waals surface area contributed by atoms with Gasteiger partial charge in [-0.2, -0.15) is 0 Å². The zero-order valence-electron chi connectivity index (χ0n) is 21.1. The predicted octanol–water partition coefficient (Wildman–Crippen LogP) is 10.1. The van der Waals surface area contributed by atoms with Gasteiger partial charge in [0.15, 0.2) is 0 Å². The summed E-state index contributed by atoms with van der Waals surface area (Å²) in [5.41, 5.74) is 0.779. The Bertz CT molecular complexity index is 517. The van der Waals surface area contributed by atoms with Crippen LogP contribution in [-0.4, -0.2) is 12.7 Å². The minimum absolute atomic E-state index is 0.353. The van der Waals surface area contributed by atoms with Gasteiger partial charge in [-0.05, 0) is 18.6 Å². The number of carbonyl (C=O) groups is 1. The van der Waals surface area contributed by atoms with Crippen molar-refractivity contribution in [3.05, 3.63) is 30.3 Å². The fourth-order valence-electron chi connectivity index (χ4n) is 4.20. The average Bonchev–Trinajstić information content (AvgIpc) is 2.80. The van der Waals surface area contributed by atoms with Crippen molar-refractivity contribution in [2.24, 2.45) is 0 Å². The molecule has 184 valence electrons. The number of para-hydroxylation sites is 1. The first-order valence-electron chi connectivity index (χ1n) is 13.8. The normalized spacial score (nSPS) is 10.9. The van der Waals surface area contributed by atoms with Crippen LogP contribution in [0.15, 0.2) is 30.3 Å². The van der Waals surface area contributed by atoms with Crippen LogP contribution in [-0.2, 0) is 4.74 Å². The summed E-state index contributed by atoms with van der Waals surface area (Å²) in [6.45, 7) is 2.80. The highest BCUT2D eigenvalue weighted by Gasteiger charge is 2.02. The van der Waals surface area contributed by atoms with Gasteiger partial charge in [0.2, 0.25) is 0 Å². The van der Waals surface area contributed by atoms with E-state index in [1.54, 1.807) is 0 Å². The molecule has 1 rings (SSSR count). The molecule has 0 spiro atoms. The van der Waals surface area contributed by atoms with E-state index in [2.05, 4.69) is 12.2 Å². The van der Waals surface area contributed by atoms with Crippen LogP contribution < -0.4 is 5.32 Å². The maximum absolute atomic E-state index is 11.7. The van der Waals surface area contributed by atoms with E-state index in [1.807, 2.05) is 30.3 Å². The van der Waals surface area contributed by atoms with Gasteiger partial charge in [0.05, 0.1) is 6.61 Å². The molecule has 0 unspecified atom stereocenters. The van der Waals surface area contributed by atoms with E-state index < -0.39 is 0 Å². The second-order valence-corrected chi connectivity index (χ2v) is 9.34. The number of benzene rings is 1. The summed E-state index contributed by atoms with van der Waals surface area (Å²) >= 11 is 0. The maximum Gasteiger partial charge on any atom is 0.411 e. The smallest absolute Gasteiger partial charge is 0.411 e. The molecular weight excluding hydrogens is 394 g/mol. The second-order valence-electron chi connectivity index (χ2n) is 9.34. The zero-order chi connectivity index (χ0) is 23.0. The first kappa shape index (κ1) is 28.5. The summed E-state index contributed by atoms with van der Waals surface area (Å²) in [6.07, 6.45) is 27.2. The number of unbranched alkanes of at least 4 members (excludes halogenated alkanes) is 19. The Labute approximate surface area is 199 Å². The molecule has 1 aromatic rings. The summed E-state index contributed by atoms with van der Waals surface area (Å²) in [4.78, 5) is 11.7. The van der Waals surface area contributed by atoms with Gasteiger partial charge in [-0.25, -0.2) is 4.79 Å². The molecule has 1 amide bonds. The van der Waals surface area contributed by atoms with E-state index >= 15 is 0 Å². The standard InChI is InChI=1S/C29H51NO2/c1-2-3-4-5-6-7-8-9-10-11-12-13-14-15-16-17-18-19-20-24-27-32-29(31)30-28-25-22-21-23-26-28/h21-23,25-26H,2-20,24,27H2,1H3,(H,30,31). The van der Waals surface area contributed by atoms with E-state index in [0.29, 0.717) is 6.61 Å². The van der Waals surface area contributed by atoms with Gasteiger partial charge in [-0.15, -0.1) is 0 Å². The SMILES string of the molecule is CCCCCCCCCCCCCCCCCCCCCCOC(=O)Nc1ccccc1. The minimum atomic E-state index is -0.353. The van der Waals surface area contributed by atoms with E-state index in [4.69, 9.17) is 4.74 Å². The Kier molecular flexibility index (Phi) is 20.2. The third-order valence-electron chi connectivity index (χ3n) is 6.25. The molecule has 3 heteroatoms. The van der Waals surface area contributed by atoms with Crippen molar-refractivity contribution >= 4 is 11.8 Å². The Morgan fingerprint density at radius 2 is 0.969 bits per heavy atom. The van der Waals surface area contributed by atoms with Crippen molar-refractivity contribution in [1.29, 1.82) is 0 Å². The molecule has 0 aliphatic rings. The van der Waals surface area contributed by atoms with Gasteiger partial charge < -0.3 is 4.74 Å². The van der Waals surface area contributed by atoms with Crippen LogP contribution in [0.1, 0.15) is 135 Å². The second kappa shape index (κ2) is 22.7. The number of carbonyl (C=O) groups excluding carboxylic acids is 1. The molecule has 0 fully saturated rings. The van der Waals surface area contributed by atoms with Gasteiger partial charge in [0, 0.05) is 5.69 Å².